The van der Waals surface area contributed by atoms with Crippen molar-refractivity contribution in [2.75, 3.05) is 13.1 Å². The summed E-state index contributed by atoms with van der Waals surface area (Å²) in [7, 11) is 0. The summed E-state index contributed by atoms with van der Waals surface area (Å²) < 4.78 is 13.9. The quantitative estimate of drug-likeness (QED) is 0.741. The summed E-state index contributed by atoms with van der Waals surface area (Å²) in [6.45, 7) is 6.13. The molecule has 1 N–H and O–H groups in total. The highest BCUT2D eigenvalue weighted by atomic mass is 19.1. The van der Waals surface area contributed by atoms with E-state index in [0.717, 1.165) is 31.5 Å². The summed E-state index contributed by atoms with van der Waals surface area (Å²) in [5, 5.41) is 3.47. The Bertz CT molecular complexity index is 548. The standard InChI is InChI=1S/C19H24FN/c1-3-12-21-14-18(16-10-8-15(2)9-11-16)13-17-6-4-5-7-19(17)20/h4-11,18,21H,3,12-14H2,1-2H3. The van der Waals surface area contributed by atoms with Crippen molar-refractivity contribution in [1.29, 1.82) is 0 Å². The number of aryl methyl sites for hydroxylation is 1. The minimum atomic E-state index is -0.106. The van der Waals surface area contributed by atoms with Gasteiger partial charge >= 0.3 is 0 Å². The van der Waals surface area contributed by atoms with E-state index in [1.54, 1.807) is 12.1 Å². The predicted octanol–water partition coefficient (Wildman–Crippen LogP) is 4.46. The SMILES string of the molecule is CCCNCC(Cc1ccccc1F)c1ccc(C)cc1. The van der Waals surface area contributed by atoms with Crippen molar-refractivity contribution in [3.8, 4) is 0 Å². The van der Waals surface area contributed by atoms with Crippen molar-refractivity contribution in [2.24, 2.45) is 0 Å². The third kappa shape index (κ3) is 4.68. The van der Waals surface area contributed by atoms with E-state index in [1.165, 1.54) is 11.1 Å². The number of hydrogen-bond donors (Lipinski definition) is 1. The number of hydrogen-bond acceptors (Lipinski definition) is 1. The lowest BCUT2D eigenvalue weighted by molar-refractivity contribution is 0.553. The maximum Gasteiger partial charge on any atom is 0.126 e. The molecule has 21 heavy (non-hydrogen) atoms. The molecule has 0 radical (unpaired) electrons. The second-order valence-electron chi connectivity index (χ2n) is 5.61. The molecule has 1 nitrogen and oxygen atoms in total. The molecular weight excluding hydrogens is 261 g/mol. The minimum Gasteiger partial charge on any atom is -0.316 e. The molecule has 0 fully saturated rings. The normalized spacial score (nSPS) is 12.3. The maximum absolute atomic E-state index is 13.9. The minimum absolute atomic E-state index is 0.106. The van der Waals surface area contributed by atoms with Crippen LogP contribution in [0.3, 0.4) is 0 Å². The molecular formula is C19H24FN. The molecule has 0 saturated carbocycles. The molecule has 112 valence electrons. The smallest absolute Gasteiger partial charge is 0.126 e. The molecule has 0 aliphatic carbocycles. The van der Waals surface area contributed by atoms with E-state index in [9.17, 15) is 4.39 Å². The van der Waals surface area contributed by atoms with E-state index in [1.807, 2.05) is 12.1 Å². The molecule has 0 saturated heterocycles. The molecule has 0 spiro atoms. The largest absolute Gasteiger partial charge is 0.316 e. The molecule has 2 aromatic rings. The monoisotopic (exact) mass is 285 g/mol. The first-order valence-electron chi connectivity index (χ1n) is 7.71. The Morgan fingerprint density at radius 3 is 2.43 bits per heavy atom. The highest BCUT2D eigenvalue weighted by Gasteiger charge is 2.14. The highest BCUT2D eigenvalue weighted by Crippen LogP contribution is 2.22. The van der Waals surface area contributed by atoms with Gasteiger partial charge in [0.25, 0.3) is 0 Å². The van der Waals surface area contributed by atoms with Gasteiger partial charge in [0.15, 0.2) is 0 Å². The number of rotatable bonds is 7. The molecule has 1 atom stereocenters. The summed E-state index contributed by atoms with van der Waals surface area (Å²) in [4.78, 5) is 0. The summed E-state index contributed by atoms with van der Waals surface area (Å²) in [5.74, 6) is 0.194. The molecule has 1 unspecified atom stereocenters. The summed E-state index contributed by atoms with van der Waals surface area (Å²) in [5.41, 5.74) is 3.32. The Labute approximate surface area is 127 Å². The Kier molecular flexibility index (Phi) is 5.94. The van der Waals surface area contributed by atoms with Crippen LogP contribution in [0.5, 0.6) is 0 Å². The van der Waals surface area contributed by atoms with Crippen LogP contribution in [0, 0.1) is 12.7 Å². The van der Waals surface area contributed by atoms with Crippen LogP contribution in [0.2, 0.25) is 0 Å². The van der Waals surface area contributed by atoms with Gasteiger partial charge in [-0.25, -0.2) is 4.39 Å². The van der Waals surface area contributed by atoms with Crippen LogP contribution in [0.25, 0.3) is 0 Å². The Morgan fingerprint density at radius 1 is 1.05 bits per heavy atom. The first-order valence-corrected chi connectivity index (χ1v) is 7.71. The molecule has 2 aromatic carbocycles. The van der Waals surface area contributed by atoms with E-state index in [4.69, 9.17) is 0 Å². The molecule has 0 aromatic heterocycles. The van der Waals surface area contributed by atoms with Crippen molar-refractivity contribution in [2.45, 2.75) is 32.6 Å². The number of nitrogens with one attached hydrogen (secondary N) is 1. The third-order valence-electron chi connectivity index (χ3n) is 3.79. The zero-order valence-corrected chi connectivity index (χ0v) is 12.9. The van der Waals surface area contributed by atoms with Crippen molar-refractivity contribution < 1.29 is 4.39 Å². The first-order chi connectivity index (χ1) is 10.2. The molecule has 2 heteroatoms. The molecule has 0 bridgehead atoms. The average Bonchev–Trinajstić information content (AvgIpc) is 2.49. The predicted molar refractivity (Wildman–Crippen MR) is 87.2 cm³/mol. The maximum atomic E-state index is 13.9. The van der Waals surface area contributed by atoms with E-state index >= 15 is 0 Å². The van der Waals surface area contributed by atoms with Crippen LogP contribution in [-0.4, -0.2) is 13.1 Å². The van der Waals surface area contributed by atoms with Gasteiger partial charge in [0.2, 0.25) is 0 Å². The first kappa shape index (κ1) is 15.7. The van der Waals surface area contributed by atoms with E-state index in [-0.39, 0.29) is 5.82 Å². The molecule has 0 aliphatic rings. The van der Waals surface area contributed by atoms with Gasteiger partial charge in [-0.15, -0.1) is 0 Å². The lowest BCUT2D eigenvalue weighted by atomic mass is 9.91. The fourth-order valence-corrected chi connectivity index (χ4v) is 2.53. The fourth-order valence-electron chi connectivity index (χ4n) is 2.53. The van der Waals surface area contributed by atoms with Crippen molar-refractivity contribution in [3.05, 3.63) is 71.0 Å². The molecule has 0 amide bonds. The van der Waals surface area contributed by atoms with Crippen LogP contribution in [-0.2, 0) is 6.42 Å². The number of benzene rings is 2. The highest BCUT2D eigenvalue weighted by molar-refractivity contribution is 5.28. The van der Waals surface area contributed by atoms with Gasteiger partial charge in [-0.05, 0) is 43.5 Å². The van der Waals surface area contributed by atoms with Crippen LogP contribution < -0.4 is 5.32 Å². The van der Waals surface area contributed by atoms with E-state index in [2.05, 4.69) is 43.4 Å². The Balaban J connectivity index is 2.15. The molecule has 0 aliphatic heterocycles. The Hall–Kier alpha value is -1.67. The average molecular weight is 285 g/mol. The van der Waals surface area contributed by atoms with Gasteiger partial charge in [-0.3, -0.25) is 0 Å². The van der Waals surface area contributed by atoms with Crippen LogP contribution in [0.15, 0.2) is 48.5 Å². The topological polar surface area (TPSA) is 12.0 Å². The summed E-state index contributed by atoms with van der Waals surface area (Å²) >= 11 is 0. The third-order valence-corrected chi connectivity index (χ3v) is 3.79. The van der Waals surface area contributed by atoms with Gasteiger partial charge in [-0.1, -0.05) is 55.0 Å². The lowest BCUT2D eigenvalue weighted by Crippen LogP contribution is -2.24. The van der Waals surface area contributed by atoms with Crippen molar-refractivity contribution >= 4 is 0 Å². The van der Waals surface area contributed by atoms with Crippen LogP contribution in [0.1, 0.15) is 36.0 Å². The van der Waals surface area contributed by atoms with E-state index < -0.39 is 0 Å². The van der Waals surface area contributed by atoms with Crippen molar-refractivity contribution in [1.82, 2.24) is 5.32 Å². The zero-order valence-electron chi connectivity index (χ0n) is 12.9. The Morgan fingerprint density at radius 2 is 1.76 bits per heavy atom. The van der Waals surface area contributed by atoms with Crippen LogP contribution >= 0.6 is 0 Å². The lowest BCUT2D eigenvalue weighted by Gasteiger charge is -2.19. The van der Waals surface area contributed by atoms with E-state index in [0.29, 0.717) is 5.92 Å². The van der Waals surface area contributed by atoms with Crippen LogP contribution in [0.4, 0.5) is 4.39 Å². The van der Waals surface area contributed by atoms with Gasteiger partial charge in [0.05, 0.1) is 0 Å². The van der Waals surface area contributed by atoms with Gasteiger partial charge in [0, 0.05) is 12.5 Å². The van der Waals surface area contributed by atoms with Gasteiger partial charge < -0.3 is 5.32 Å². The molecule has 0 heterocycles. The number of halogens is 1. The fraction of sp³-hybridized carbons (Fsp3) is 0.368. The van der Waals surface area contributed by atoms with Gasteiger partial charge in [0.1, 0.15) is 5.82 Å². The van der Waals surface area contributed by atoms with Gasteiger partial charge in [-0.2, -0.15) is 0 Å². The molecule has 2 rings (SSSR count). The second kappa shape index (κ2) is 7.94. The second-order valence-corrected chi connectivity index (χ2v) is 5.61. The summed E-state index contributed by atoms with van der Waals surface area (Å²) in [6, 6.07) is 15.7. The zero-order chi connectivity index (χ0) is 15.1. The summed E-state index contributed by atoms with van der Waals surface area (Å²) in [6.07, 6.45) is 1.84. The van der Waals surface area contributed by atoms with Crippen molar-refractivity contribution in [3.63, 3.8) is 0 Å².